The fourth-order valence-electron chi connectivity index (χ4n) is 2.33. The Bertz CT molecular complexity index is 680. The van der Waals surface area contributed by atoms with Crippen molar-refractivity contribution in [1.29, 1.82) is 0 Å². The molecule has 1 N–H and O–H groups in total. The molecule has 4 heteroatoms. The van der Waals surface area contributed by atoms with Gasteiger partial charge in [-0.25, -0.2) is 4.79 Å². The lowest BCUT2D eigenvalue weighted by molar-refractivity contribution is 0.0697. The lowest BCUT2D eigenvalue weighted by Crippen LogP contribution is -2.16. The highest BCUT2D eigenvalue weighted by Gasteiger charge is 2.13. The summed E-state index contributed by atoms with van der Waals surface area (Å²) in [5, 5.41) is 9.19. The summed E-state index contributed by atoms with van der Waals surface area (Å²) in [6, 6.07) is 13.3. The Morgan fingerprint density at radius 3 is 2.50 bits per heavy atom. The van der Waals surface area contributed by atoms with Gasteiger partial charge in [0.2, 0.25) is 0 Å². The van der Waals surface area contributed by atoms with Crippen LogP contribution in [0.5, 0.6) is 5.75 Å². The topological polar surface area (TPSA) is 49.8 Å². The van der Waals surface area contributed by atoms with E-state index in [0.717, 1.165) is 11.1 Å². The van der Waals surface area contributed by atoms with Crippen LogP contribution in [0.15, 0.2) is 42.5 Å². The summed E-state index contributed by atoms with van der Waals surface area (Å²) in [4.78, 5) is 13.3. The van der Waals surface area contributed by atoms with Crippen molar-refractivity contribution >= 4 is 5.97 Å². The summed E-state index contributed by atoms with van der Waals surface area (Å²) in [5.74, 6) is -0.277. The minimum atomic E-state index is -0.943. The van der Waals surface area contributed by atoms with E-state index >= 15 is 0 Å². The van der Waals surface area contributed by atoms with Gasteiger partial charge >= 0.3 is 5.97 Å². The summed E-state index contributed by atoms with van der Waals surface area (Å²) >= 11 is 0. The maximum Gasteiger partial charge on any atom is 0.335 e. The summed E-state index contributed by atoms with van der Waals surface area (Å²) in [7, 11) is 5.65. The Hall–Kier alpha value is -2.33. The Morgan fingerprint density at radius 2 is 1.91 bits per heavy atom. The maximum atomic E-state index is 11.2. The summed E-state index contributed by atoms with van der Waals surface area (Å²) in [5.41, 5.74) is 3.16. The zero-order valence-corrected chi connectivity index (χ0v) is 13.3. The van der Waals surface area contributed by atoms with E-state index in [0.29, 0.717) is 5.75 Å². The molecule has 0 saturated heterocycles. The highest BCUT2D eigenvalue weighted by atomic mass is 16.5. The van der Waals surface area contributed by atoms with Crippen LogP contribution in [0.2, 0.25) is 0 Å². The van der Waals surface area contributed by atoms with E-state index in [2.05, 4.69) is 24.0 Å². The predicted octanol–water partition coefficient (Wildman–Crippen LogP) is 3.68. The normalized spacial score (nSPS) is 12.2. The molecule has 1 atom stereocenters. The fourth-order valence-corrected chi connectivity index (χ4v) is 2.33. The summed E-state index contributed by atoms with van der Waals surface area (Å²) in [6.45, 7) is 2.13. The van der Waals surface area contributed by atoms with Crippen molar-refractivity contribution in [2.75, 3.05) is 21.2 Å². The van der Waals surface area contributed by atoms with E-state index in [1.165, 1.54) is 5.56 Å². The van der Waals surface area contributed by atoms with Crippen molar-refractivity contribution in [2.24, 2.45) is 0 Å². The van der Waals surface area contributed by atoms with E-state index in [4.69, 9.17) is 4.74 Å². The van der Waals surface area contributed by atoms with E-state index in [1.807, 2.05) is 26.2 Å². The molecule has 4 nitrogen and oxygen atoms in total. The van der Waals surface area contributed by atoms with Gasteiger partial charge in [-0.1, -0.05) is 18.2 Å². The number of rotatable bonds is 5. The zero-order chi connectivity index (χ0) is 16.3. The molecule has 0 amide bonds. The Labute approximate surface area is 131 Å². The Morgan fingerprint density at radius 1 is 1.18 bits per heavy atom. The van der Waals surface area contributed by atoms with Crippen molar-refractivity contribution in [3.63, 3.8) is 0 Å². The maximum absolute atomic E-state index is 11.2. The average molecular weight is 299 g/mol. The fraction of sp³-hybridized carbons (Fsp3) is 0.278. The van der Waals surface area contributed by atoms with Gasteiger partial charge in [-0.05, 0) is 56.4 Å². The molecule has 2 aromatic rings. The van der Waals surface area contributed by atoms with E-state index < -0.39 is 5.97 Å². The standard InChI is InChI=1S/C18H21NO3/c1-12(19(2)3)13-6-5-7-14(10-13)16-11-15(18(20)21)8-9-17(16)22-4/h5-12H,1-4H3,(H,20,21)/t12-/m1/s1. The smallest absolute Gasteiger partial charge is 0.335 e. The molecule has 0 aliphatic heterocycles. The highest BCUT2D eigenvalue weighted by molar-refractivity contribution is 5.90. The van der Waals surface area contributed by atoms with Crippen LogP contribution < -0.4 is 4.74 Å². The van der Waals surface area contributed by atoms with Gasteiger partial charge in [-0.15, -0.1) is 0 Å². The Balaban J connectivity index is 2.53. The first-order valence-corrected chi connectivity index (χ1v) is 7.12. The van der Waals surface area contributed by atoms with Gasteiger partial charge in [0, 0.05) is 11.6 Å². The molecule has 0 spiro atoms. The van der Waals surface area contributed by atoms with Gasteiger partial charge in [-0.3, -0.25) is 0 Å². The molecule has 0 heterocycles. The van der Waals surface area contributed by atoms with Crippen LogP contribution in [-0.4, -0.2) is 37.2 Å². The second-order valence-corrected chi connectivity index (χ2v) is 5.49. The first kappa shape index (κ1) is 16.0. The van der Waals surface area contributed by atoms with Crippen molar-refractivity contribution in [3.05, 3.63) is 53.6 Å². The molecule has 0 aliphatic carbocycles. The number of aromatic carboxylic acids is 1. The number of benzene rings is 2. The molecule has 22 heavy (non-hydrogen) atoms. The second-order valence-electron chi connectivity index (χ2n) is 5.49. The van der Waals surface area contributed by atoms with Crippen molar-refractivity contribution in [3.8, 4) is 16.9 Å². The third kappa shape index (κ3) is 3.28. The summed E-state index contributed by atoms with van der Waals surface area (Å²) in [6.07, 6.45) is 0. The van der Waals surface area contributed by atoms with Gasteiger partial charge in [0.15, 0.2) is 0 Å². The van der Waals surface area contributed by atoms with E-state index in [9.17, 15) is 9.90 Å². The lowest BCUT2D eigenvalue weighted by atomic mass is 9.97. The van der Waals surface area contributed by atoms with Crippen LogP contribution in [0.3, 0.4) is 0 Å². The minimum absolute atomic E-state index is 0.252. The van der Waals surface area contributed by atoms with E-state index in [-0.39, 0.29) is 11.6 Å². The molecule has 0 radical (unpaired) electrons. The van der Waals surface area contributed by atoms with Gasteiger partial charge in [-0.2, -0.15) is 0 Å². The largest absolute Gasteiger partial charge is 0.496 e. The molecule has 0 aromatic heterocycles. The lowest BCUT2D eigenvalue weighted by Gasteiger charge is -2.21. The number of nitrogens with zero attached hydrogens (tertiary/aromatic N) is 1. The highest BCUT2D eigenvalue weighted by Crippen LogP contribution is 2.33. The molecular weight excluding hydrogens is 278 g/mol. The monoisotopic (exact) mass is 299 g/mol. The molecular formula is C18H21NO3. The van der Waals surface area contributed by atoms with E-state index in [1.54, 1.807) is 25.3 Å². The average Bonchev–Trinajstić information content (AvgIpc) is 2.53. The predicted molar refractivity (Wildman–Crippen MR) is 87.5 cm³/mol. The van der Waals surface area contributed by atoms with Gasteiger partial charge in [0.05, 0.1) is 12.7 Å². The first-order valence-electron chi connectivity index (χ1n) is 7.12. The minimum Gasteiger partial charge on any atom is -0.496 e. The quantitative estimate of drug-likeness (QED) is 0.915. The van der Waals surface area contributed by atoms with Crippen LogP contribution in [0.4, 0.5) is 0 Å². The number of ether oxygens (including phenoxy) is 1. The number of carbonyl (C=O) groups is 1. The Kier molecular flexibility index (Phi) is 4.83. The third-order valence-electron chi connectivity index (χ3n) is 3.90. The van der Waals surface area contributed by atoms with Crippen LogP contribution in [0, 0.1) is 0 Å². The second kappa shape index (κ2) is 6.62. The number of carboxylic acid groups (broad SMARTS) is 1. The number of carboxylic acids is 1. The van der Waals surface area contributed by atoms with Crippen LogP contribution in [0.1, 0.15) is 28.9 Å². The molecule has 2 aromatic carbocycles. The van der Waals surface area contributed by atoms with Gasteiger partial charge < -0.3 is 14.7 Å². The van der Waals surface area contributed by atoms with Crippen LogP contribution in [-0.2, 0) is 0 Å². The van der Waals surface area contributed by atoms with Gasteiger partial charge in [0.25, 0.3) is 0 Å². The van der Waals surface area contributed by atoms with Crippen molar-refractivity contribution in [1.82, 2.24) is 4.90 Å². The van der Waals surface area contributed by atoms with Crippen molar-refractivity contribution in [2.45, 2.75) is 13.0 Å². The van der Waals surface area contributed by atoms with Crippen LogP contribution in [0.25, 0.3) is 11.1 Å². The molecule has 0 unspecified atom stereocenters. The van der Waals surface area contributed by atoms with Gasteiger partial charge in [0.1, 0.15) is 5.75 Å². The number of methoxy groups -OCH3 is 1. The molecule has 2 rings (SSSR count). The molecule has 0 saturated carbocycles. The van der Waals surface area contributed by atoms with Crippen LogP contribution >= 0.6 is 0 Å². The number of hydrogen-bond acceptors (Lipinski definition) is 3. The zero-order valence-electron chi connectivity index (χ0n) is 13.3. The summed E-state index contributed by atoms with van der Waals surface area (Å²) < 4.78 is 5.38. The first-order chi connectivity index (χ1) is 10.4. The molecule has 0 fully saturated rings. The third-order valence-corrected chi connectivity index (χ3v) is 3.90. The molecule has 0 aliphatic rings. The molecule has 0 bridgehead atoms. The SMILES string of the molecule is COc1ccc(C(=O)O)cc1-c1cccc([C@@H](C)N(C)C)c1. The van der Waals surface area contributed by atoms with Crippen molar-refractivity contribution < 1.29 is 14.6 Å². The number of hydrogen-bond donors (Lipinski definition) is 1. The molecule has 116 valence electrons.